The second-order valence-electron chi connectivity index (χ2n) is 12.4. The standard InChI is InChI=1S/C33H37N5O4S/c1-21-10-11-23(28(18-32(39)40)27-14-15-30-33(22(27)2)34-35-38(30)25-12-13-25)17-24(21)19-36-20-26-7-5-6-16-37(26)29-8-3-4-9-31(29)43(36,41)42/h3-4,8-11,14-15,17,25-26,28H,5-7,12-13,16,18-20H2,1-2H3,(H,39,40)/t26-,28?/m0/s1. The highest BCUT2D eigenvalue weighted by Gasteiger charge is 2.38. The Morgan fingerprint density at radius 3 is 2.63 bits per heavy atom. The number of piperidine rings is 1. The highest BCUT2D eigenvalue weighted by molar-refractivity contribution is 7.89. The maximum Gasteiger partial charge on any atom is 0.304 e. The number of benzene rings is 3. The fourth-order valence-electron chi connectivity index (χ4n) is 7.01. The van der Waals surface area contributed by atoms with Gasteiger partial charge in [0.05, 0.1) is 23.7 Å². The molecule has 3 heterocycles. The second-order valence-corrected chi connectivity index (χ2v) is 14.3. The highest BCUT2D eigenvalue weighted by atomic mass is 32.2. The predicted octanol–water partition coefficient (Wildman–Crippen LogP) is 5.55. The maximum absolute atomic E-state index is 14.1. The molecule has 1 unspecified atom stereocenters. The Hall–Kier alpha value is -3.76. The third kappa shape index (κ3) is 5.00. The SMILES string of the molecule is Cc1ccc(C(CC(=O)O)c2ccc3c(nnn3C3CC3)c2C)cc1CN1C[C@@H]2CCCCN2c2ccccc2S1(=O)=O. The van der Waals surface area contributed by atoms with Gasteiger partial charge in [0.1, 0.15) is 10.4 Å². The summed E-state index contributed by atoms with van der Waals surface area (Å²) in [6.07, 6.45) is 5.21. The number of fused-ring (bicyclic) bond motifs is 4. The van der Waals surface area contributed by atoms with Crippen LogP contribution in [0.4, 0.5) is 5.69 Å². The molecule has 1 aliphatic carbocycles. The molecule has 3 aliphatic rings. The molecule has 43 heavy (non-hydrogen) atoms. The van der Waals surface area contributed by atoms with E-state index in [9.17, 15) is 18.3 Å². The molecule has 1 saturated carbocycles. The average Bonchev–Trinajstić information content (AvgIpc) is 3.76. The minimum Gasteiger partial charge on any atom is -0.481 e. The number of sulfonamides is 1. The van der Waals surface area contributed by atoms with Gasteiger partial charge in [0, 0.05) is 31.6 Å². The number of hydrogen-bond acceptors (Lipinski definition) is 6. The number of aliphatic carboxylic acids is 1. The molecule has 7 rings (SSSR count). The van der Waals surface area contributed by atoms with Crippen molar-refractivity contribution < 1.29 is 18.3 Å². The monoisotopic (exact) mass is 599 g/mol. The molecule has 1 saturated heterocycles. The molecule has 9 nitrogen and oxygen atoms in total. The van der Waals surface area contributed by atoms with Crippen molar-refractivity contribution in [1.29, 1.82) is 0 Å². The Labute approximate surface area is 252 Å². The van der Waals surface area contributed by atoms with Gasteiger partial charge in [-0.25, -0.2) is 13.1 Å². The first-order valence-electron chi connectivity index (χ1n) is 15.2. The van der Waals surface area contributed by atoms with E-state index in [1.807, 2.05) is 61.0 Å². The van der Waals surface area contributed by atoms with Crippen molar-refractivity contribution in [2.75, 3.05) is 18.0 Å². The second kappa shape index (κ2) is 10.7. The largest absolute Gasteiger partial charge is 0.481 e. The zero-order chi connectivity index (χ0) is 29.9. The van der Waals surface area contributed by atoms with Crippen molar-refractivity contribution in [1.82, 2.24) is 19.3 Å². The van der Waals surface area contributed by atoms with E-state index in [-0.39, 0.29) is 19.0 Å². The van der Waals surface area contributed by atoms with Crippen LogP contribution in [0.2, 0.25) is 0 Å². The highest BCUT2D eigenvalue weighted by Crippen LogP contribution is 2.40. The molecule has 2 aliphatic heterocycles. The van der Waals surface area contributed by atoms with E-state index >= 15 is 0 Å². The normalized spacial score (nSPS) is 20.8. The summed E-state index contributed by atoms with van der Waals surface area (Å²) in [5.74, 6) is -1.31. The molecule has 0 bridgehead atoms. The van der Waals surface area contributed by atoms with Crippen LogP contribution in [0.3, 0.4) is 0 Å². The maximum atomic E-state index is 14.1. The number of carboxylic acid groups (broad SMARTS) is 1. The molecule has 3 aromatic carbocycles. The molecular formula is C33H37N5O4S. The molecule has 0 amide bonds. The van der Waals surface area contributed by atoms with Gasteiger partial charge in [-0.1, -0.05) is 41.6 Å². The first kappa shape index (κ1) is 28.0. The summed E-state index contributed by atoms with van der Waals surface area (Å²) in [5, 5.41) is 18.8. The minimum absolute atomic E-state index is 0.0853. The van der Waals surface area contributed by atoms with Crippen LogP contribution in [0.1, 0.15) is 78.3 Å². The summed E-state index contributed by atoms with van der Waals surface area (Å²) < 4.78 is 31.8. The van der Waals surface area contributed by atoms with Crippen LogP contribution >= 0.6 is 0 Å². The van der Waals surface area contributed by atoms with E-state index in [1.54, 1.807) is 16.4 Å². The Morgan fingerprint density at radius 1 is 1.02 bits per heavy atom. The fourth-order valence-corrected chi connectivity index (χ4v) is 8.67. The molecule has 224 valence electrons. The molecule has 10 heteroatoms. The van der Waals surface area contributed by atoms with Crippen LogP contribution in [0.25, 0.3) is 11.0 Å². The van der Waals surface area contributed by atoms with E-state index < -0.39 is 21.9 Å². The summed E-state index contributed by atoms with van der Waals surface area (Å²) in [6, 6.07) is 17.9. The summed E-state index contributed by atoms with van der Waals surface area (Å²) in [7, 11) is -3.75. The Morgan fingerprint density at radius 2 is 1.84 bits per heavy atom. The van der Waals surface area contributed by atoms with E-state index in [0.717, 1.165) is 83.2 Å². The lowest BCUT2D eigenvalue weighted by molar-refractivity contribution is -0.137. The molecule has 1 aromatic heterocycles. The number of aromatic nitrogens is 3. The average molecular weight is 600 g/mol. The number of hydrogen-bond donors (Lipinski definition) is 1. The number of rotatable bonds is 7. The number of anilines is 1. The van der Waals surface area contributed by atoms with Crippen molar-refractivity contribution >= 4 is 32.7 Å². The van der Waals surface area contributed by atoms with Crippen molar-refractivity contribution in [2.45, 2.75) is 81.8 Å². The van der Waals surface area contributed by atoms with E-state index in [1.165, 1.54) is 0 Å². The van der Waals surface area contributed by atoms with Gasteiger partial charge in [-0.15, -0.1) is 5.10 Å². The lowest BCUT2D eigenvalue weighted by Gasteiger charge is -2.37. The van der Waals surface area contributed by atoms with E-state index in [2.05, 4.69) is 15.2 Å². The van der Waals surface area contributed by atoms with Crippen molar-refractivity contribution in [2.24, 2.45) is 0 Å². The smallest absolute Gasteiger partial charge is 0.304 e. The van der Waals surface area contributed by atoms with Gasteiger partial charge in [-0.3, -0.25) is 4.79 Å². The number of carboxylic acids is 1. The van der Waals surface area contributed by atoms with Crippen LogP contribution < -0.4 is 4.90 Å². The van der Waals surface area contributed by atoms with Gasteiger partial charge >= 0.3 is 5.97 Å². The van der Waals surface area contributed by atoms with Crippen molar-refractivity contribution in [3.05, 3.63) is 82.4 Å². The molecule has 2 fully saturated rings. The quantitative estimate of drug-likeness (QED) is 0.297. The van der Waals surface area contributed by atoms with Crippen LogP contribution in [0.5, 0.6) is 0 Å². The first-order valence-corrected chi connectivity index (χ1v) is 16.7. The molecule has 1 N–H and O–H groups in total. The Bertz CT molecular complexity index is 1830. The first-order chi connectivity index (χ1) is 20.7. The molecular weight excluding hydrogens is 562 g/mol. The van der Waals surface area contributed by atoms with Crippen LogP contribution in [0.15, 0.2) is 59.5 Å². The number of carbonyl (C=O) groups is 1. The van der Waals surface area contributed by atoms with Gasteiger partial charge in [0.25, 0.3) is 0 Å². The Kier molecular flexibility index (Phi) is 7.01. The summed E-state index contributed by atoms with van der Waals surface area (Å²) >= 11 is 0. The van der Waals surface area contributed by atoms with Gasteiger partial charge in [0.2, 0.25) is 10.0 Å². The van der Waals surface area contributed by atoms with Gasteiger partial charge < -0.3 is 10.0 Å². The fraction of sp³-hybridized carbons (Fsp3) is 0.424. The van der Waals surface area contributed by atoms with E-state index in [0.29, 0.717) is 17.5 Å². The zero-order valence-electron chi connectivity index (χ0n) is 24.6. The Balaban J connectivity index is 1.26. The summed E-state index contributed by atoms with van der Waals surface area (Å²) in [6.45, 7) is 5.49. The third-order valence-electron chi connectivity index (χ3n) is 9.54. The lowest BCUT2D eigenvalue weighted by atomic mass is 9.84. The predicted molar refractivity (Wildman–Crippen MR) is 165 cm³/mol. The summed E-state index contributed by atoms with van der Waals surface area (Å²) in [4.78, 5) is 14.8. The van der Waals surface area contributed by atoms with Crippen LogP contribution in [0, 0.1) is 13.8 Å². The molecule has 4 aromatic rings. The van der Waals surface area contributed by atoms with Crippen LogP contribution in [-0.2, 0) is 21.4 Å². The lowest BCUT2D eigenvalue weighted by Crippen LogP contribution is -2.45. The third-order valence-corrected chi connectivity index (χ3v) is 11.4. The van der Waals surface area contributed by atoms with Gasteiger partial charge in [0.15, 0.2) is 0 Å². The topological polar surface area (TPSA) is 109 Å². The van der Waals surface area contributed by atoms with Gasteiger partial charge in [-0.05, 0) is 92.0 Å². The summed E-state index contributed by atoms with van der Waals surface area (Å²) in [5.41, 5.74) is 7.13. The number of para-hydroxylation sites is 1. The van der Waals surface area contributed by atoms with Gasteiger partial charge in [-0.2, -0.15) is 4.31 Å². The van der Waals surface area contributed by atoms with Crippen molar-refractivity contribution in [3.63, 3.8) is 0 Å². The zero-order valence-corrected chi connectivity index (χ0v) is 25.4. The molecule has 2 atom stereocenters. The minimum atomic E-state index is -3.75. The number of aryl methyl sites for hydroxylation is 2. The van der Waals surface area contributed by atoms with Crippen LogP contribution in [-0.4, -0.2) is 57.9 Å². The number of nitrogens with zero attached hydrogens (tertiary/aromatic N) is 5. The molecule has 0 spiro atoms. The van der Waals surface area contributed by atoms with E-state index in [4.69, 9.17) is 0 Å². The molecule has 0 radical (unpaired) electrons. The van der Waals surface area contributed by atoms with Crippen molar-refractivity contribution in [3.8, 4) is 0 Å².